The number of carbonyl (C=O) groups excluding carboxylic acids is 1. The number of ether oxygens (including phenoxy) is 1. The van der Waals surface area contributed by atoms with Crippen LogP contribution in [0.2, 0.25) is 0 Å². The van der Waals surface area contributed by atoms with Gasteiger partial charge in [0.1, 0.15) is 11.4 Å². The summed E-state index contributed by atoms with van der Waals surface area (Å²) >= 11 is 0. The molecular weight excluding hydrogens is 270 g/mol. The van der Waals surface area contributed by atoms with Gasteiger partial charge in [-0.15, -0.1) is 0 Å². The van der Waals surface area contributed by atoms with Crippen LogP contribution < -0.4 is 11.3 Å². The summed E-state index contributed by atoms with van der Waals surface area (Å²) in [6.07, 6.45) is 3.04. The van der Waals surface area contributed by atoms with Crippen LogP contribution in [0, 0.1) is 5.92 Å². The molecule has 6 nitrogen and oxygen atoms in total. The van der Waals surface area contributed by atoms with Crippen LogP contribution in [0.5, 0.6) is 0 Å². The molecule has 2 rings (SSSR count). The molecule has 0 radical (unpaired) electrons. The first-order chi connectivity index (χ1) is 9.89. The van der Waals surface area contributed by atoms with Gasteiger partial charge in [0.05, 0.1) is 6.26 Å². The molecule has 1 aromatic rings. The van der Waals surface area contributed by atoms with E-state index < -0.39 is 5.60 Å². The van der Waals surface area contributed by atoms with Crippen LogP contribution in [0.15, 0.2) is 22.8 Å². The Bertz CT molecular complexity index is 453. The second kappa shape index (κ2) is 6.49. The highest BCUT2D eigenvalue weighted by molar-refractivity contribution is 5.68. The summed E-state index contributed by atoms with van der Waals surface area (Å²) in [6, 6.07) is 3.89. The lowest BCUT2D eigenvalue weighted by Gasteiger charge is -2.25. The van der Waals surface area contributed by atoms with Crippen molar-refractivity contribution in [2.24, 2.45) is 11.8 Å². The van der Waals surface area contributed by atoms with Crippen LogP contribution in [0.3, 0.4) is 0 Å². The van der Waals surface area contributed by atoms with Crippen molar-refractivity contribution in [3.63, 3.8) is 0 Å². The fourth-order valence-corrected chi connectivity index (χ4v) is 2.62. The highest BCUT2D eigenvalue weighted by atomic mass is 16.6. The maximum Gasteiger partial charge on any atom is 0.410 e. The summed E-state index contributed by atoms with van der Waals surface area (Å²) in [5, 5.41) is 0. The Kier molecular flexibility index (Phi) is 4.90. The van der Waals surface area contributed by atoms with Gasteiger partial charge in [-0.05, 0) is 45.2 Å². The van der Waals surface area contributed by atoms with Crippen LogP contribution in [-0.4, -0.2) is 35.7 Å². The quantitative estimate of drug-likeness (QED) is 0.655. The zero-order valence-electron chi connectivity index (χ0n) is 13.0. The van der Waals surface area contributed by atoms with Gasteiger partial charge in [-0.25, -0.2) is 4.79 Å². The number of amides is 1. The number of furan rings is 1. The van der Waals surface area contributed by atoms with Gasteiger partial charge >= 0.3 is 6.09 Å². The van der Waals surface area contributed by atoms with Gasteiger partial charge in [0.15, 0.2) is 0 Å². The Morgan fingerprint density at radius 2 is 2.38 bits per heavy atom. The van der Waals surface area contributed by atoms with Gasteiger partial charge in [-0.2, -0.15) is 0 Å². The smallest absolute Gasteiger partial charge is 0.410 e. The van der Waals surface area contributed by atoms with E-state index in [1.807, 2.05) is 32.9 Å². The van der Waals surface area contributed by atoms with E-state index in [2.05, 4.69) is 5.43 Å². The maximum atomic E-state index is 12.1. The molecule has 1 aliphatic heterocycles. The lowest BCUT2D eigenvalue weighted by molar-refractivity contribution is 0.0285. The van der Waals surface area contributed by atoms with Crippen molar-refractivity contribution in [3.05, 3.63) is 24.2 Å². The number of hydrogen-bond acceptors (Lipinski definition) is 5. The summed E-state index contributed by atoms with van der Waals surface area (Å²) in [4.78, 5) is 13.8. The molecule has 1 aromatic heterocycles. The number of likely N-dealkylation sites (tertiary alicyclic amines) is 1. The normalized spacial score (nSPS) is 20.6. The Morgan fingerprint density at radius 3 is 2.95 bits per heavy atom. The van der Waals surface area contributed by atoms with Crippen molar-refractivity contribution >= 4 is 6.09 Å². The van der Waals surface area contributed by atoms with E-state index in [-0.39, 0.29) is 12.1 Å². The van der Waals surface area contributed by atoms with E-state index in [0.717, 1.165) is 18.6 Å². The molecule has 0 saturated carbocycles. The Morgan fingerprint density at radius 1 is 1.62 bits per heavy atom. The van der Waals surface area contributed by atoms with E-state index in [1.54, 1.807) is 11.2 Å². The fourth-order valence-electron chi connectivity index (χ4n) is 2.62. The molecule has 2 heterocycles. The number of nitrogens with one attached hydrogen (secondary N) is 1. The van der Waals surface area contributed by atoms with Crippen LogP contribution in [0.4, 0.5) is 4.79 Å². The second-order valence-electron chi connectivity index (χ2n) is 6.53. The summed E-state index contributed by atoms with van der Waals surface area (Å²) in [6.45, 7) is 6.99. The van der Waals surface area contributed by atoms with Gasteiger partial charge in [0, 0.05) is 25.6 Å². The molecule has 2 unspecified atom stereocenters. The van der Waals surface area contributed by atoms with E-state index >= 15 is 0 Å². The van der Waals surface area contributed by atoms with Crippen molar-refractivity contribution < 1.29 is 13.9 Å². The monoisotopic (exact) mass is 295 g/mol. The molecule has 21 heavy (non-hydrogen) atoms. The molecule has 3 N–H and O–H groups in total. The molecule has 1 amide bonds. The number of nitrogens with zero attached hydrogens (tertiary/aromatic N) is 1. The third-order valence-corrected chi connectivity index (χ3v) is 3.66. The predicted molar refractivity (Wildman–Crippen MR) is 79.4 cm³/mol. The number of rotatable bonds is 4. The third-order valence-electron chi connectivity index (χ3n) is 3.66. The topological polar surface area (TPSA) is 80.7 Å². The first-order valence-electron chi connectivity index (χ1n) is 7.35. The largest absolute Gasteiger partial charge is 0.469 e. The van der Waals surface area contributed by atoms with Gasteiger partial charge in [0.2, 0.25) is 0 Å². The lowest BCUT2D eigenvalue weighted by atomic mass is 9.96. The van der Waals surface area contributed by atoms with Crippen LogP contribution in [0.25, 0.3) is 0 Å². The standard InChI is InChI=1S/C15H25N3O3/c1-15(2,3)21-14(19)18-7-6-11(10-18)13(17-16)9-12-5-4-8-20-12/h4-5,8,11,13,17H,6-7,9-10,16H2,1-3H3. The average molecular weight is 295 g/mol. The molecular formula is C15H25N3O3. The van der Waals surface area contributed by atoms with Gasteiger partial charge in [-0.3, -0.25) is 11.3 Å². The maximum absolute atomic E-state index is 12.1. The number of hydrazine groups is 1. The lowest BCUT2D eigenvalue weighted by Crippen LogP contribution is -2.44. The summed E-state index contributed by atoms with van der Waals surface area (Å²) in [5.41, 5.74) is 2.39. The molecule has 0 aliphatic carbocycles. The van der Waals surface area contributed by atoms with E-state index in [0.29, 0.717) is 19.0 Å². The molecule has 1 saturated heterocycles. The molecule has 1 fully saturated rings. The SMILES string of the molecule is CC(C)(C)OC(=O)N1CCC(C(Cc2ccco2)NN)C1. The number of nitrogens with two attached hydrogens (primary N) is 1. The number of carbonyl (C=O) groups is 1. The van der Waals surface area contributed by atoms with Gasteiger partial charge in [-0.1, -0.05) is 0 Å². The van der Waals surface area contributed by atoms with Crippen molar-refractivity contribution in [3.8, 4) is 0 Å². The molecule has 2 atom stereocenters. The van der Waals surface area contributed by atoms with E-state index in [9.17, 15) is 4.79 Å². The first kappa shape index (κ1) is 15.9. The third kappa shape index (κ3) is 4.47. The summed E-state index contributed by atoms with van der Waals surface area (Å²) < 4.78 is 10.8. The Balaban J connectivity index is 1.89. The van der Waals surface area contributed by atoms with Crippen LogP contribution in [0.1, 0.15) is 33.0 Å². The van der Waals surface area contributed by atoms with Crippen LogP contribution in [-0.2, 0) is 11.2 Å². The number of hydrogen-bond donors (Lipinski definition) is 2. The molecule has 1 aliphatic rings. The second-order valence-corrected chi connectivity index (χ2v) is 6.53. The zero-order chi connectivity index (χ0) is 15.5. The summed E-state index contributed by atoms with van der Waals surface area (Å²) in [5.74, 6) is 6.86. The van der Waals surface area contributed by atoms with E-state index in [1.165, 1.54) is 0 Å². The fraction of sp³-hybridized carbons (Fsp3) is 0.667. The van der Waals surface area contributed by atoms with Crippen molar-refractivity contribution in [1.82, 2.24) is 10.3 Å². The Labute approximate surface area is 125 Å². The predicted octanol–water partition coefficient (Wildman–Crippen LogP) is 1.91. The van der Waals surface area contributed by atoms with Gasteiger partial charge in [0.25, 0.3) is 0 Å². The minimum absolute atomic E-state index is 0.0867. The van der Waals surface area contributed by atoms with Crippen molar-refractivity contribution in [2.75, 3.05) is 13.1 Å². The van der Waals surface area contributed by atoms with Crippen LogP contribution >= 0.6 is 0 Å². The van der Waals surface area contributed by atoms with Gasteiger partial charge < -0.3 is 14.1 Å². The highest BCUT2D eigenvalue weighted by Gasteiger charge is 2.34. The molecule has 0 spiro atoms. The first-order valence-corrected chi connectivity index (χ1v) is 7.35. The molecule has 0 aromatic carbocycles. The van der Waals surface area contributed by atoms with Crippen molar-refractivity contribution in [1.29, 1.82) is 0 Å². The molecule has 0 bridgehead atoms. The molecule has 118 valence electrons. The minimum Gasteiger partial charge on any atom is -0.469 e. The minimum atomic E-state index is -0.463. The van der Waals surface area contributed by atoms with E-state index in [4.69, 9.17) is 15.0 Å². The average Bonchev–Trinajstić information content (AvgIpc) is 3.05. The Hall–Kier alpha value is -1.53. The van der Waals surface area contributed by atoms with Crippen molar-refractivity contribution in [2.45, 2.75) is 45.3 Å². The summed E-state index contributed by atoms with van der Waals surface area (Å²) in [7, 11) is 0. The molecule has 6 heteroatoms. The highest BCUT2D eigenvalue weighted by Crippen LogP contribution is 2.23. The zero-order valence-corrected chi connectivity index (χ0v) is 13.0.